The number of thioether (sulfide) groups is 1. The first-order chi connectivity index (χ1) is 16.5. The van der Waals surface area contributed by atoms with Gasteiger partial charge in [0.15, 0.2) is 0 Å². The fraction of sp³-hybridized carbons (Fsp3) is 0.440. The second-order valence-electron chi connectivity index (χ2n) is 8.55. The Morgan fingerprint density at radius 3 is 3.00 bits per heavy atom. The van der Waals surface area contributed by atoms with Crippen LogP contribution in [0.2, 0.25) is 5.02 Å². The molecular formula is C25H29ClN2O4S2. The van der Waals surface area contributed by atoms with E-state index >= 15 is 0 Å². The van der Waals surface area contributed by atoms with Crippen LogP contribution in [0.5, 0.6) is 5.75 Å². The number of benzene rings is 1. The summed E-state index contributed by atoms with van der Waals surface area (Å²) in [4.78, 5) is 18.7. The Hall–Kier alpha value is -1.84. The number of hydrogen-bond acceptors (Lipinski definition) is 7. The van der Waals surface area contributed by atoms with E-state index < -0.39 is 18.0 Å². The normalized spacial score (nSPS) is 19.9. The summed E-state index contributed by atoms with van der Waals surface area (Å²) in [5.74, 6) is -0.0528. The number of likely N-dealkylation sites (tertiary alicyclic amines) is 1. The zero-order chi connectivity index (χ0) is 24.1. The highest BCUT2D eigenvalue weighted by Gasteiger charge is 2.38. The van der Waals surface area contributed by atoms with Crippen molar-refractivity contribution < 1.29 is 19.7 Å². The van der Waals surface area contributed by atoms with Gasteiger partial charge in [0.25, 0.3) is 0 Å². The fourth-order valence-electron chi connectivity index (χ4n) is 4.67. The molecule has 1 saturated heterocycles. The average Bonchev–Trinajstić information content (AvgIpc) is 3.36. The van der Waals surface area contributed by atoms with Crippen molar-refractivity contribution in [2.45, 2.75) is 29.6 Å². The number of aryl methyl sites for hydroxylation is 1. The van der Waals surface area contributed by atoms with Crippen LogP contribution in [0.4, 0.5) is 0 Å². The van der Waals surface area contributed by atoms with E-state index in [2.05, 4.69) is 21.3 Å². The number of aliphatic hydroxyl groups is 1. The van der Waals surface area contributed by atoms with Crippen LogP contribution in [-0.4, -0.2) is 64.7 Å². The molecular weight excluding hydrogens is 492 g/mol. The summed E-state index contributed by atoms with van der Waals surface area (Å²) < 4.78 is 6.62. The lowest BCUT2D eigenvalue weighted by atomic mass is 9.79. The number of thiophene rings is 1. The lowest BCUT2D eigenvalue weighted by molar-refractivity contribution is -0.148. The molecule has 1 unspecified atom stereocenters. The number of nitrogens with zero attached hydrogens (tertiary/aromatic N) is 2. The van der Waals surface area contributed by atoms with E-state index in [1.54, 1.807) is 36.4 Å². The van der Waals surface area contributed by atoms with Crippen LogP contribution in [0.25, 0.3) is 10.9 Å². The molecule has 182 valence electrons. The van der Waals surface area contributed by atoms with Crippen LogP contribution >= 0.6 is 34.7 Å². The van der Waals surface area contributed by atoms with Gasteiger partial charge in [-0.1, -0.05) is 17.7 Å². The first-order valence-electron chi connectivity index (χ1n) is 11.4. The Bertz CT molecular complexity index is 1110. The summed E-state index contributed by atoms with van der Waals surface area (Å²) in [6, 6.07) is 9.79. The largest absolute Gasteiger partial charge is 0.497 e. The van der Waals surface area contributed by atoms with Crippen LogP contribution in [0.15, 0.2) is 46.1 Å². The van der Waals surface area contributed by atoms with E-state index in [-0.39, 0.29) is 5.92 Å². The van der Waals surface area contributed by atoms with Gasteiger partial charge >= 0.3 is 5.97 Å². The number of hydrogen-bond donors (Lipinski definition) is 2. The zero-order valence-corrected chi connectivity index (χ0v) is 21.4. The molecule has 0 saturated carbocycles. The lowest BCUT2D eigenvalue weighted by Gasteiger charge is -2.38. The minimum Gasteiger partial charge on any atom is -0.497 e. The second-order valence-corrected chi connectivity index (χ2v) is 11.3. The zero-order valence-electron chi connectivity index (χ0n) is 19.0. The van der Waals surface area contributed by atoms with E-state index in [1.165, 1.54) is 4.21 Å². The van der Waals surface area contributed by atoms with Gasteiger partial charge in [-0.2, -0.15) is 0 Å². The molecule has 0 bridgehead atoms. The third-order valence-corrected chi connectivity index (χ3v) is 8.97. The summed E-state index contributed by atoms with van der Waals surface area (Å²) >= 11 is 9.99. The van der Waals surface area contributed by atoms with Gasteiger partial charge in [-0.3, -0.25) is 9.78 Å². The maximum atomic E-state index is 12.1. The molecule has 0 aliphatic carbocycles. The summed E-state index contributed by atoms with van der Waals surface area (Å²) in [5.41, 5.74) is 1.71. The van der Waals surface area contributed by atoms with E-state index in [9.17, 15) is 15.0 Å². The number of carbonyl (C=O) groups is 1. The van der Waals surface area contributed by atoms with Gasteiger partial charge in [-0.25, -0.2) is 0 Å². The monoisotopic (exact) mass is 520 g/mol. The van der Waals surface area contributed by atoms with Gasteiger partial charge in [0.2, 0.25) is 0 Å². The number of fused-ring (bicyclic) bond motifs is 1. The number of pyridine rings is 1. The molecule has 34 heavy (non-hydrogen) atoms. The highest BCUT2D eigenvalue weighted by molar-refractivity contribution is 8.01. The number of piperidine rings is 1. The van der Waals surface area contributed by atoms with Crippen LogP contribution < -0.4 is 4.74 Å². The van der Waals surface area contributed by atoms with Crippen molar-refractivity contribution in [2.75, 3.05) is 32.5 Å². The van der Waals surface area contributed by atoms with Gasteiger partial charge in [-0.05, 0) is 61.0 Å². The van der Waals surface area contributed by atoms with Crippen molar-refractivity contribution in [1.29, 1.82) is 0 Å². The summed E-state index contributed by atoms with van der Waals surface area (Å²) in [6.07, 6.45) is 2.56. The molecule has 2 N–H and O–H groups in total. The van der Waals surface area contributed by atoms with Crippen molar-refractivity contribution in [3.05, 3.63) is 52.5 Å². The van der Waals surface area contributed by atoms with Crippen molar-refractivity contribution in [3.63, 3.8) is 0 Å². The SMILES string of the molecule is COc1ccc2ncc(Cl)c(CCC(O)[C@@H]3CCN(CCSc4cccs4)C[C@@H]3C(=O)O)c2c1. The van der Waals surface area contributed by atoms with Gasteiger partial charge < -0.3 is 19.8 Å². The van der Waals surface area contributed by atoms with Crippen LogP contribution in [0.3, 0.4) is 0 Å². The average molecular weight is 521 g/mol. The minimum atomic E-state index is -0.836. The Morgan fingerprint density at radius 1 is 1.41 bits per heavy atom. The number of aliphatic hydroxyl groups excluding tert-OH is 1. The molecule has 1 aliphatic heterocycles. The number of carboxylic acid groups (broad SMARTS) is 1. The lowest BCUT2D eigenvalue weighted by Crippen LogP contribution is -2.48. The molecule has 3 atom stereocenters. The maximum absolute atomic E-state index is 12.1. The third-order valence-electron chi connectivity index (χ3n) is 6.53. The van der Waals surface area contributed by atoms with E-state index in [4.69, 9.17) is 16.3 Å². The van der Waals surface area contributed by atoms with Crippen molar-refractivity contribution >= 4 is 51.6 Å². The standard InChI is InChI=1S/C25H29ClN2O4S2/c1-32-16-4-6-22-19(13-16)17(21(26)14-27-22)5-7-23(29)18-8-9-28(15-20(18)25(30)31)10-12-34-24-3-2-11-33-24/h2-4,6,11,13-14,18,20,23,29H,5,7-10,12,15H2,1H3,(H,30,31)/t18-,20+,23?/m1/s1. The molecule has 4 rings (SSSR count). The van der Waals surface area contributed by atoms with Gasteiger partial charge in [0.05, 0.1) is 33.9 Å². The van der Waals surface area contributed by atoms with Gasteiger partial charge in [-0.15, -0.1) is 23.1 Å². The highest BCUT2D eigenvalue weighted by Crippen LogP contribution is 2.33. The predicted molar refractivity (Wildman–Crippen MR) is 138 cm³/mol. The molecule has 3 heterocycles. The first-order valence-corrected chi connectivity index (χ1v) is 13.6. The van der Waals surface area contributed by atoms with E-state index in [0.29, 0.717) is 36.6 Å². The van der Waals surface area contributed by atoms with Crippen LogP contribution in [-0.2, 0) is 11.2 Å². The number of aliphatic carboxylic acids is 1. The molecule has 6 nitrogen and oxygen atoms in total. The Morgan fingerprint density at radius 2 is 2.26 bits per heavy atom. The molecule has 0 amide bonds. The molecule has 0 radical (unpaired) electrons. The molecule has 9 heteroatoms. The number of aromatic nitrogens is 1. The van der Waals surface area contributed by atoms with Gasteiger partial charge in [0, 0.05) is 36.3 Å². The smallest absolute Gasteiger partial charge is 0.308 e. The molecule has 0 spiro atoms. The summed E-state index contributed by atoms with van der Waals surface area (Å²) in [6.45, 7) is 2.11. The Balaban J connectivity index is 1.38. The molecule has 3 aromatic rings. The summed E-state index contributed by atoms with van der Waals surface area (Å²) in [7, 11) is 1.61. The highest BCUT2D eigenvalue weighted by atomic mass is 35.5. The van der Waals surface area contributed by atoms with Crippen LogP contribution in [0.1, 0.15) is 18.4 Å². The van der Waals surface area contributed by atoms with Crippen molar-refractivity contribution in [2.24, 2.45) is 11.8 Å². The van der Waals surface area contributed by atoms with Crippen molar-refractivity contribution in [3.8, 4) is 5.75 Å². The van der Waals surface area contributed by atoms with Crippen molar-refractivity contribution in [1.82, 2.24) is 9.88 Å². The van der Waals surface area contributed by atoms with Crippen LogP contribution in [0, 0.1) is 11.8 Å². The van der Waals surface area contributed by atoms with E-state index in [0.717, 1.165) is 35.3 Å². The molecule has 2 aromatic heterocycles. The minimum absolute atomic E-state index is 0.278. The topological polar surface area (TPSA) is 82.9 Å². The Labute approximate surface area is 212 Å². The molecule has 1 aromatic carbocycles. The number of rotatable bonds is 10. The number of carboxylic acids is 1. The first kappa shape index (κ1) is 25.3. The summed E-state index contributed by atoms with van der Waals surface area (Å²) in [5, 5.41) is 24.4. The number of halogens is 1. The quantitative estimate of drug-likeness (QED) is 0.361. The molecule has 1 aliphatic rings. The predicted octanol–water partition coefficient (Wildman–Crippen LogP) is 5.07. The fourth-order valence-corrected chi connectivity index (χ4v) is 6.78. The van der Waals surface area contributed by atoms with Gasteiger partial charge in [0.1, 0.15) is 5.75 Å². The number of methoxy groups -OCH3 is 1. The second kappa shape index (κ2) is 11.7. The third kappa shape index (κ3) is 6.04. The van der Waals surface area contributed by atoms with E-state index in [1.807, 2.05) is 24.3 Å². The Kier molecular flexibility index (Phi) is 8.71. The molecule has 1 fully saturated rings. The maximum Gasteiger partial charge on any atom is 0.308 e. The number of ether oxygens (including phenoxy) is 1.